The minimum absolute atomic E-state index is 0.482. The summed E-state index contributed by atoms with van der Waals surface area (Å²) < 4.78 is 5.90. The van der Waals surface area contributed by atoms with E-state index in [1.807, 2.05) is 25.2 Å². The maximum Gasteiger partial charge on any atom is 0.215 e. The molecular formula is C10H14N2OS2. The Labute approximate surface area is 101 Å². The molecule has 0 saturated heterocycles. The zero-order valence-corrected chi connectivity index (χ0v) is 10.5. The van der Waals surface area contributed by atoms with Gasteiger partial charge in [-0.1, -0.05) is 25.2 Å². The van der Waals surface area contributed by atoms with Crippen molar-refractivity contribution < 1.29 is 4.74 Å². The Hall–Kier alpha value is -0.810. The number of anilines is 1. The van der Waals surface area contributed by atoms with Crippen LogP contribution in [-0.2, 0) is 0 Å². The highest BCUT2D eigenvalue weighted by atomic mass is 32.1. The summed E-state index contributed by atoms with van der Waals surface area (Å²) in [6.07, 6.45) is 0.965. The molecule has 82 valence electrons. The van der Waals surface area contributed by atoms with Crippen LogP contribution in [-0.4, -0.2) is 23.0 Å². The molecule has 0 atom stereocenters. The minimum Gasteiger partial charge on any atom is -0.478 e. The molecule has 5 heteroatoms. The Balaban J connectivity index is 2.77. The van der Waals surface area contributed by atoms with Crippen LogP contribution in [0.3, 0.4) is 0 Å². The van der Waals surface area contributed by atoms with Gasteiger partial charge in [-0.3, -0.25) is 0 Å². The largest absolute Gasteiger partial charge is 0.478 e. The predicted octanol–water partition coefficient (Wildman–Crippen LogP) is 2.52. The molecule has 0 bridgehead atoms. The van der Waals surface area contributed by atoms with Crippen molar-refractivity contribution in [1.82, 2.24) is 4.98 Å². The van der Waals surface area contributed by atoms with Gasteiger partial charge < -0.3 is 9.64 Å². The number of ether oxygens (including phenoxy) is 1. The summed E-state index contributed by atoms with van der Waals surface area (Å²) in [6.45, 7) is 2.73. The van der Waals surface area contributed by atoms with Crippen molar-refractivity contribution in [2.45, 2.75) is 13.3 Å². The molecule has 0 unspecified atom stereocenters. The van der Waals surface area contributed by atoms with Gasteiger partial charge in [0, 0.05) is 13.1 Å². The average molecular weight is 242 g/mol. The van der Waals surface area contributed by atoms with E-state index < -0.39 is 0 Å². The molecule has 0 radical (unpaired) electrons. The van der Waals surface area contributed by atoms with E-state index in [1.54, 1.807) is 4.90 Å². The molecule has 0 N–H and O–H groups in total. The third-order valence-corrected chi connectivity index (χ3v) is 2.37. The highest BCUT2D eigenvalue weighted by molar-refractivity contribution is 8.11. The molecule has 0 amide bonds. The summed E-state index contributed by atoms with van der Waals surface area (Å²) in [7, 11) is 1.82. The quantitative estimate of drug-likeness (QED) is 0.648. The van der Waals surface area contributed by atoms with Crippen molar-refractivity contribution in [3.05, 3.63) is 18.2 Å². The first kappa shape index (κ1) is 12.3. The second kappa shape index (κ2) is 5.92. The highest BCUT2D eigenvalue weighted by Crippen LogP contribution is 2.16. The van der Waals surface area contributed by atoms with Gasteiger partial charge in [0.15, 0.2) is 0 Å². The summed E-state index contributed by atoms with van der Waals surface area (Å²) in [5, 5.41) is 0. The van der Waals surface area contributed by atoms with Crippen LogP contribution in [0, 0.1) is 0 Å². The molecule has 0 spiro atoms. The lowest BCUT2D eigenvalue weighted by molar-refractivity contribution is 0.305. The lowest BCUT2D eigenvalue weighted by Crippen LogP contribution is -2.20. The molecule has 1 aromatic rings. The van der Waals surface area contributed by atoms with Gasteiger partial charge in [-0.25, -0.2) is 0 Å². The highest BCUT2D eigenvalue weighted by Gasteiger charge is 2.05. The maximum absolute atomic E-state index is 5.42. The van der Waals surface area contributed by atoms with E-state index in [9.17, 15) is 0 Å². The van der Waals surface area contributed by atoms with Crippen molar-refractivity contribution in [2.75, 3.05) is 18.6 Å². The monoisotopic (exact) mass is 242 g/mol. The van der Waals surface area contributed by atoms with Gasteiger partial charge >= 0.3 is 0 Å². The molecule has 3 nitrogen and oxygen atoms in total. The molecule has 0 saturated carbocycles. The number of aromatic nitrogens is 1. The zero-order chi connectivity index (χ0) is 11.3. The second-order valence-corrected chi connectivity index (χ2v) is 4.14. The van der Waals surface area contributed by atoms with Gasteiger partial charge in [-0.2, -0.15) is 4.98 Å². The molecule has 15 heavy (non-hydrogen) atoms. The lowest BCUT2D eigenvalue weighted by atomic mass is 10.4. The molecule has 0 aliphatic carbocycles. The second-order valence-electron chi connectivity index (χ2n) is 3.02. The molecule has 1 heterocycles. The van der Waals surface area contributed by atoms with Crippen LogP contribution < -0.4 is 9.64 Å². The number of rotatable bonds is 4. The Bertz CT molecular complexity index is 344. The van der Waals surface area contributed by atoms with E-state index in [0.717, 1.165) is 12.2 Å². The van der Waals surface area contributed by atoms with E-state index >= 15 is 0 Å². The third kappa shape index (κ3) is 3.68. The van der Waals surface area contributed by atoms with Gasteiger partial charge in [0.2, 0.25) is 5.88 Å². The average Bonchev–Trinajstić information content (AvgIpc) is 2.25. The third-order valence-electron chi connectivity index (χ3n) is 1.79. The zero-order valence-electron chi connectivity index (χ0n) is 8.80. The van der Waals surface area contributed by atoms with E-state index in [4.69, 9.17) is 17.0 Å². The number of thiocarbonyl (C=S) groups is 1. The molecule has 0 fully saturated rings. The Kier molecular flexibility index (Phi) is 4.84. The predicted molar refractivity (Wildman–Crippen MR) is 70.0 cm³/mol. The van der Waals surface area contributed by atoms with Gasteiger partial charge in [0.25, 0.3) is 0 Å². The summed E-state index contributed by atoms with van der Waals surface area (Å²) in [4.78, 5) is 6.02. The van der Waals surface area contributed by atoms with Crippen molar-refractivity contribution >= 4 is 35.0 Å². The van der Waals surface area contributed by atoms with Crippen LogP contribution in [0.4, 0.5) is 5.82 Å². The Morgan fingerprint density at radius 3 is 2.93 bits per heavy atom. The number of pyridine rings is 1. The number of hydrogen-bond donors (Lipinski definition) is 1. The van der Waals surface area contributed by atoms with E-state index in [1.165, 1.54) is 0 Å². The SMILES string of the molecule is CCCOc1cccc(N(C)C(=S)S)n1. The van der Waals surface area contributed by atoms with Crippen molar-refractivity contribution in [3.63, 3.8) is 0 Å². The molecule has 0 aliphatic rings. The van der Waals surface area contributed by atoms with Crippen LogP contribution in [0.15, 0.2) is 18.2 Å². The minimum atomic E-state index is 0.482. The molecule has 0 aliphatic heterocycles. The fourth-order valence-electron chi connectivity index (χ4n) is 0.976. The Morgan fingerprint density at radius 1 is 1.60 bits per heavy atom. The van der Waals surface area contributed by atoms with Gasteiger partial charge in [-0.05, 0) is 12.5 Å². The maximum atomic E-state index is 5.42. The normalized spacial score (nSPS) is 9.80. The number of nitrogens with zero attached hydrogens (tertiary/aromatic N) is 2. The first-order valence-corrected chi connectivity index (χ1v) is 5.57. The van der Waals surface area contributed by atoms with E-state index in [0.29, 0.717) is 16.8 Å². The number of hydrogen-bond acceptors (Lipinski definition) is 3. The van der Waals surface area contributed by atoms with Crippen LogP contribution in [0.5, 0.6) is 5.88 Å². The van der Waals surface area contributed by atoms with Gasteiger partial charge in [0.05, 0.1) is 6.61 Å². The standard InChI is InChI=1S/C10H14N2OS2/c1-3-7-13-9-6-4-5-8(11-9)12(2)10(14)15/h4-6H,3,7H2,1-2H3,(H,14,15). The fourth-order valence-corrected chi connectivity index (χ4v) is 1.17. The van der Waals surface area contributed by atoms with Crippen LogP contribution in [0.1, 0.15) is 13.3 Å². The summed E-state index contributed by atoms with van der Waals surface area (Å²) in [6, 6.07) is 5.58. The van der Waals surface area contributed by atoms with Crippen LogP contribution in [0.2, 0.25) is 0 Å². The summed E-state index contributed by atoms with van der Waals surface area (Å²) >= 11 is 9.03. The van der Waals surface area contributed by atoms with Crippen LogP contribution >= 0.6 is 24.8 Å². The number of thiol groups is 1. The smallest absolute Gasteiger partial charge is 0.215 e. The summed E-state index contributed by atoms with van der Waals surface area (Å²) in [5.41, 5.74) is 0. The first-order valence-electron chi connectivity index (χ1n) is 4.71. The fraction of sp³-hybridized carbons (Fsp3) is 0.400. The van der Waals surface area contributed by atoms with Gasteiger partial charge in [0.1, 0.15) is 10.1 Å². The summed E-state index contributed by atoms with van der Waals surface area (Å²) in [5.74, 6) is 1.36. The van der Waals surface area contributed by atoms with Crippen molar-refractivity contribution in [1.29, 1.82) is 0 Å². The molecular weight excluding hydrogens is 228 g/mol. The van der Waals surface area contributed by atoms with Gasteiger partial charge in [-0.15, -0.1) is 12.6 Å². The first-order chi connectivity index (χ1) is 7.15. The van der Waals surface area contributed by atoms with Crippen molar-refractivity contribution in [3.8, 4) is 5.88 Å². The van der Waals surface area contributed by atoms with E-state index in [-0.39, 0.29) is 0 Å². The van der Waals surface area contributed by atoms with Crippen LogP contribution in [0.25, 0.3) is 0 Å². The molecule has 1 aromatic heterocycles. The Morgan fingerprint density at radius 2 is 2.33 bits per heavy atom. The van der Waals surface area contributed by atoms with E-state index in [2.05, 4.69) is 24.5 Å². The topological polar surface area (TPSA) is 25.4 Å². The molecule has 0 aromatic carbocycles. The lowest BCUT2D eigenvalue weighted by Gasteiger charge is -2.15. The molecule has 1 rings (SSSR count). The van der Waals surface area contributed by atoms with Crippen molar-refractivity contribution in [2.24, 2.45) is 0 Å².